The van der Waals surface area contributed by atoms with Crippen LogP contribution in [0.3, 0.4) is 0 Å². The lowest BCUT2D eigenvalue weighted by Crippen LogP contribution is -2.38. The number of aliphatic imine (C=N–C) groups is 1. The van der Waals surface area contributed by atoms with E-state index in [1.54, 1.807) is 19.2 Å². The van der Waals surface area contributed by atoms with Crippen LogP contribution in [0.4, 0.5) is 13.2 Å². The Labute approximate surface area is 151 Å². The van der Waals surface area contributed by atoms with Crippen LogP contribution in [-0.4, -0.2) is 32.3 Å². The van der Waals surface area contributed by atoms with Gasteiger partial charge in [0.2, 0.25) is 0 Å². The van der Waals surface area contributed by atoms with E-state index in [1.807, 2.05) is 6.07 Å². The number of hydrogen-bond acceptors (Lipinski definition) is 2. The Balaban J connectivity index is 0.00000484. The number of rotatable bonds is 6. The van der Waals surface area contributed by atoms with Crippen molar-refractivity contribution in [2.24, 2.45) is 10.9 Å². The van der Waals surface area contributed by atoms with Crippen molar-refractivity contribution in [3.63, 3.8) is 0 Å². The molecule has 0 fully saturated rings. The van der Waals surface area contributed by atoms with E-state index in [9.17, 15) is 13.2 Å². The first-order valence-corrected chi connectivity index (χ1v) is 7.03. The number of nitrogens with one attached hydrogen (secondary N) is 2. The molecule has 1 aromatic rings. The highest BCUT2D eigenvalue weighted by Crippen LogP contribution is 2.19. The standard InChI is InChI=1S/C15H22F3N3O.HI/c1-11(2)8-20-14(19-3)21-9-12-5-4-6-13(7-12)22-10-15(16,17)18;/h4-7,11H,8-10H2,1-3H3,(H2,19,20,21);1H. The molecule has 0 unspecified atom stereocenters. The summed E-state index contributed by atoms with van der Waals surface area (Å²) in [6, 6.07) is 6.55. The van der Waals surface area contributed by atoms with Crippen molar-refractivity contribution in [1.82, 2.24) is 10.6 Å². The second-order valence-corrected chi connectivity index (χ2v) is 5.25. The zero-order chi connectivity index (χ0) is 16.6. The van der Waals surface area contributed by atoms with Crippen LogP contribution < -0.4 is 15.4 Å². The minimum absolute atomic E-state index is 0. The van der Waals surface area contributed by atoms with Gasteiger partial charge in [0.1, 0.15) is 5.75 Å². The molecule has 2 N–H and O–H groups in total. The van der Waals surface area contributed by atoms with Crippen LogP contribution in [0.25, 0.3) is 0 Å². The third-order valence-electron chi connectivity index (χ3n) is 2.66. The Morgan fingerprint density at radius 1 is 1.26 bits per heavy atom. The average Bonchev–Trinajstić information content (AvgIpc) is 2.45. The highest BCUT2D eigenvalue weighted by molar-refractivity contribution is 14.0. The third-order valence-corrected chi connectivity index (χ3v) is 2.66. The van der Waals surface area contributed by atoms with E-state index in [1.165, 1.54) is 6.07 Å². The summed E-state index contributed by atoms with van der Waals surface area (Å²) < 4.78 is 41.1. The van der Waals surface area contributed by atoms with Crippen molar-refractivity contribution < 1.29 is 17.9 Å². The summed E-state index contributed by atoms with van der Waals surface area (Å²) in [7, 11) is 1.67. The van der Waals surface area contributed by atoms with Crippen molar-refractivity contribution in [3.05, 3.63) is 29.8 Å². The van der Waals surface area contributed by atoms with Crippen LogP contribution in [0, 0.1) is 5.92 Å². The molecule has 1 rings (SSSR count). The van der Waals surface area contributed by atoms with Gasteiger partial charge in [0, 0.05) is 20.1 Å². The smallest absolute Gasteiger partial charge is 0.422 e. The summed E-state index contributed by atoms with van der Waals surface area (Å²) in [5.41, 5.74) is 0.812. The molecule has 0 spiro atoms. The van der Waals surface area contributed by atoms with Gasteiger partial charge in [-0.15, -0.1) is 24.0 Å². The molecular weight excluding hydrogens is 422 g/mol. The van der Waals surface area contributed by atoms with E-state index in [0.29, 0.717) is 18.4 Å². The monoisotopic (exact) mass is 445 g/mol. The number of halogens is 4. The molecule has 0 atom stereocenters. The van der Waals surface area contributed by atoms with Crippen LogP contribution in [0.5, 0.6) is 5.75 Å². The number of ether oxygens (including phenoxy) is 1. The number of hydrogen-bond donors (Lipinski definition) is 2. The van der Waals surface area contributed by atoms with Crippen molar-refractivity contribution >= 4 is 29.9 Å². The molecule has 0 aliphatic carbocycles. The number of guanidine groups is 1. The first-order valence-electron chi connectivity index (χ1n) is 7.03. The number of benzene rings is 1. The highest BCUT2D eigenvalue weighted by atomic mass is 127. The SMILES string of the molecule is CN=C(NCc1cccc(OCC(F)(F)F)c1)NCC(C)C.I. The van der Waals surface area contributed by atoms with E-state index < -0.39 is 12.8 Å². The highest BCUT2D eigenvalue weighted by Gasteiger charge is 2.28. The molecule has 1 aromatic carbocycles. The Morgan fingerprint density at radius 2 is 1.96 bits per heavy atom. The topological polar surface area (TPSA) is 45.7 Å². The van der Waals surface area contributed by atoms with Crippen LogP contribution in [0.15, 0.2) is 29.3 Å². The first kappa shape index (κ1) is 21.8. The molecule has 0 heterocycles. The molecule has 0 bridgehead atoms. The van der Waals surface area contributed by atoms with Gasteiger partial charge < -0.3 is 15.4 Å². The second kappa shape index (κ2) is 10.6. The van der Waals surface area contributed by atoms with E-state index in [-0.39, 0.29) is 29.7 Å². The van der Waals surface area contributed by atoms with Gasteiger partial charge in [-0.25, -0.2) is 0 Å². The van der Waals surface area contributed by atoms with Gasteiger partial charge in [-0.1, -0.05) is 26.0 Å². The minimum atomic E-state index is -4.34. The van der Waals surface area contributed by atoms with E-state index in [4.69, 9.17) is 4.74 Å². The molecule has 0 radical (unpaired) electrons. The van der Waals surface area contributed by atoms with E-state index in [0.717, 1.165) is 12.1 Å². The predicted molar refractivity (Wildman–Crippen MR) is 96.4 cm³/mol. The Bertz CT molecular complexity index is 493. The summed E-state index contributed by atoms with van der Waals surface area (Å²) >= 11 is 0. The quantitative estimate of drug-likeness (QED) is 0.400. The van der Waals surface area contributed by atoms with Crippen molar-refractivity contribution in [1.29, 1.82) is 0 Å². The van der Waals surface area contributed by atoms with Gasteiger partial charge in [-0.2, -0.15) is 13.2 Å². The van der Waals surface area contributed by atoms with Gasteiger partial charge in [0.05, 0.1) is 0 Å². The maximum atomic E-state index is 12.1. The Kier molecular flexibility index (Phi) is 10.0. The first-order chi connectivity index (χ1) is 10.3. The number of alkyl halides is 3. The lowest BCUT2D eigenvalue weighted by molar-refractivity contribution is -0.153. The molecule has 0 aliphatic rings. The number of nitrogens with zero attached hydrogens (tertiary/aromatic N) is 1. The van der Waals surface area contributed by atoms with Crippen molar-refractivity contribution in [2.75, 3.05) is 20.2 Å². The molecular formula is C15H23F3IN3O. The summed E-state index contributed by atoms with van der Waals surface area (Å²) in [6.45, 7) is 4.11. The fourth-order valence-corrected chi connectivity index (χ4v) is 1.62. The normalized spacial score (nSPS) is 11.9. The van der Waals surface area contributed by atoms with E-state index >= 15 is 0 Å². The third kappa shape index (κ3) is 10.2. The fourth-order valence-electron chi connectivity index (χ4n) is 1.62. The fraction of sp³-hybridized carbons (Fsp3) is 0.533. The van der Waals surface area contributed by atoms with E-state index in [2.05, 4.69) is 29.5 Å². The van der Waals surface area contributed by atoms with Crippen molar-refractivity contribution in [2.45, 2.75) is 26.6 Å². The predicted octanol–water partition coefficient (Wildman–Crippen LogP) is 3.57. The van der Waals surface area contributed by atoms with Crippen molar-refractivity contribution in [3.8, 4) is 5.75 Å². The van der Waals surface area contributed by atoms with Crippen LogP contribution in [0.1, 0.15) is 19.4 Å². The van der Waals surface area contributed by atoms with Crippen LogP contribution >= 0.6 is 24.0 Å². The maximum Gasteiger partial charge on any atom is 0.422 e. The van der Waals surface area contributed by atoms with Crippen LogP contribution in [0.2, 0.25) is 0 Å². The molecule has 4 nitrogen and oxygen atoms in total. The molecule has 0 saturated carbocycles. The van der Waals surface area contributed by atoms with Gasteiger partial charge in [0.15, 0.2) is 12.6 Å². The Morgan fingerprint density at radius 3 is 2.52 bits per heavy atom. The van der Waals surface area contributed by atoms with Gasteiger partial charge in [-0.3, -0.25) is 4.99 Å². The molecule has 0 aromatic heterocycles. The largest absolute Gasteiger partial charge is 0.484 e. The Hall–Kier alpha value is -1.19. The lowest BCUT2D eigenvalue weighted by atomic mass is 10.2. The summed E-state index contributed by atoms with van der Waals surface area (Å²) in [4.78, 5) is 4.08. The molecule has 132 valence electrons. The lowest BCUT2D eigenvalue weighted by Gasteiger charge is -2.14. The molecule has 0 aliphatic heterocycles. The molecule has 23 heavy (non-hydrogen) atoms. The van der Waals surface area contributed by atoms with Gasteiger partial charge in [-0.05, 0) is 23.6 Å². The average molecular weight is 445 g/mol. The second-order valence-electron chi connectivity index (χ2n) is 5.25. The molecule has 0 saturated heterocycles. The maximum absolute atomic E-state index is 12.1. The van der Waals surface area contributed by atoms with Gasteiger partial charge >= 0.3 is 6.18 Å². The zero-order valence-electron chi connectivity index (χ0n) is 13.4. The van der Waals surface area contributed by atoms with Crippen LogP contribution in [-0.2, 0) is 6.54 Å². The summed E-state index contributed by atoms with van der Waals surface area (Å²) in [5.74, 6) is 1.33. The van der Waals surface area contributed by atoms with Gasteiger partial charge in [0.25, 0.3) is 0 Å². The molecule has 8 heteroatoms. The summed E-state index contributed by atoms with van der Waals surface area (Å²) in [6.07, 6.45) is -4.34. The minimum Gasteiger partial charge on any atom is -0.484 e. The zero-order valence-corrected chi connectivity index (χ0v) is 15.7. The summed E-state index contributed by atoms with van der Waals surface area (Å²) in [5, 5.41) is 6.26. The molecule has 0 amide bonds.